The lowest BCUT2D eigenvalue weighted by atomic mass is 10.1. The molecule has 1 unspecified atom stereocenters. The second-order valence-corrected chi connectivity index (χ2v) is 6.78. The smallest absolute Gasteiger partial charge is 0.191 e. The molecule has 134 valence electrons. The monoisotopic (exact) mass is 442 g/mol. The van der Waals surface area contributed by atoms with Crippen LogP contribution in [0.5, 0.6) is 0 Å². The summed E-state index contributed by atoms with van der Waals surface area (Å²) in [5, 5.41) is 7.01. The lowest BCUT2D eigenvalue weighted by Gasteiger charge is -2.19. The molecule has 2 N–H and O–H groups in total. The fourth-order valence-corrected chi connectivity index (χ4v) is 3.66. The predicted octanol–water partition coefficient (Wildman–Crippen LogP) is 3.63. The van der Waals surface area contributed by atoms with E-state index in [-0.39, 0.29) is 24.0 Å². The standard InChI is InChI=1S/C19H30N4.HI/c1-2-20-19(22-17-8-6-7-9-17)21-14-16-12-13-23(15-16)18-10-4-3-5-11-18;/h3-5,10-11,16-17H,2,6-9,12-15H2,1H3,(H2,20,21,22);1H. The molecule has 0 radical (unpaired) electrons. The number of nitrogens with one attached hydrogen (secondary N) is 2. The van der Waals surface area contributed by atoms with Crippen LogP contribution in [0.4, 0.5) is 5.69 Å². The first-order chi connectivity index (χ1) is 11.3. The quantitative estimate of drug-likeness (QED) is 0.416. The highest BCUT2D eigenvalue weighted by atomic mass is 127. The highest BCUT2D eigenvalue weighted by molar-refractivity contribution is 14.0. The van der Waals surface area contributed by atoms with E-state index in [0.29, 0.717) is 12.0 Å². The third kappa shape index (κ3) is 5.53. The summed E-state index contributed by atoms with van der Waals surface area (Å²) in [6, 6.07) is 11.4. The molecule has 5 heteroatoms. The van der Waals surface area contributed by atoms with Gasteiger partial charge in [-0.3, -0.25) is 4.99 Å². The Morgan fingerprint density at radius 1 is 1.17 bits per heavy atom. The summed E-state index contributed by atoms with van der Waals surface area (Å²) in [7, 11) is 0. The van der Waals surface area contributed by atoms with Gasteiger partial charge in [-0.1, -0.05) is 31.0 Å². The molecule has 1 heterocycles. The van der Waals surface area contributed by atoms with Gasteiger partial charge in [0.2, 0.25) is 0 Å². The maximum atomic E-state index is 4.85. The van der Waals surface area contributed by atoms with E-state index in [9.17, 15) is 0 Å². The van der Waals surface area contributed by atoms with E-state index < -0.39 is 0 Å². The van der Waals surface area contributed by atoms with Crippen LogP contribution in [0.1, 0.15) is 39.0 Å². The first-order valence-electron chi connectivity index (χ1n) is 9.20. The van der Waals surface area contributed by atoms with Crippen molar-refractivity contribution in [1.29, 1.82) is 0 Å². The molecule has 2 aliphatic rings. The van der Waals surface area contributed by atoms with Crippen LogP contribution in [0.2, 0.25) is 0 Å². The molecule has 3 rings (SSSR count). The number of guanidine groups is 1. The number of nitrogens with zero attached hydrogens (tertiary/aromatic N) is 2. The Hall–Kier alpha value is -0.980. The number of para-hydroxylation sites is 1. The Labute approximate surface area is 163 Å². The van der Waals surface area contributed by atoms with Crippen LogP contribution in [0.25, 0.3) is 0 Å². The minimum atomic E-state index is 0. The van der Waals surface area contributed by atoms with Crippen LogP contribution in [-0.4, -0.2) is 38.2 Å². The highest BCUT2D eigenvalue weighted by Gasteiger charge is 2.22. The predicted molar refractivity (Wildman–Crippen MR) is 114 cm³/mol. The van der Waals surface area contributed by atoms with E-state index in [0.717, 1.165) is 32.1 Å². The SMILES string of the molecule is CCNC(=NCC1CCN(c2ccccc2)C1)NC1CCCC1.I. The summed E-state index contributed by atoms with van der Waals surface area (Å²) in [6.07, 6.45) is 6.52. The van der Waals surface area contributed by atoms with Crippen LogP contribution in [0.3, 0.4) is 0 Å². The van der Waals surface area contributed by atoms with E-state index in [1.165, 1.54) is 37.8 Å². The van der Waals surface area contributed by atoms with Gasteiger partial charge in [0.25, 0.3) is 0 Å². The average molecular weight is 442 g/mol. The summed E-state index contributed by atoms with van der Waals surface area (Å²) < 4.78 is 0. The maximum absolute atomic E-state index is 4.85. The van der Waals surface area contributed by atoms with E-state index in [4.69, 9.17) is 4.99 Å². The molecule has 24 heavy (non-hydrogen) atoms. The van der Waals surface area contributed by atoms with Crippen LogP contribution < -0.4 is 15.5 Å². The number of benzene rings is 1. The molecular weight excluding hydrogens is 411 g/mol. The fraction of sp³-hybridized carbons (Fsp3) is 0.632. The van der Waals surface area contributed by atoms with Gasteiger partial charge in [0.05, 0.1) is 0 Å². The molecule has 0 bridgehead atoms. The molecule has 1 atom stereocenters. The van der Waals surface area contributed by atoms with E-state index in [1.807, 2.05) is 0 Å². The number of anilines is 1. The van der Waals surface area contributed by atoms with Crippen LogP contribution in [0.15, 0.2) is 35.3 Å². The van der Waals surface area contributed by atoms with Gasteiger partial charge in [-0.25, -0.2) is 0 Å². The van der Waals surface area contributed by atoms with Crippen molar-refractivity contribution in [1.82, 2.24) is 10.6 Å². The van der Waals surface area contributed by atoms with Gasteiger partial charge in [-0.05, 0) is 44.2 Å². The van der Waals surface area contributed by atoms with Crippen molar-refractivity contribution in [2.24, 2.45) is 10.9 Å². The lowest BCUT2D eigenvalue weighted by molar-refractivity contribution is 0.584. The van der Waals surface area contributed by atoms with Gasteiger partial charge in [-0.2, -0.15) is 0 Å². The topological polar surface area (TPSA) is 39.7 Å². The minimum Gasteiger partial charge on any atom is -0.371 e. The summed E-state index contributed by atoms with van der Waals surface area (Å²) in [5.41, 5.74) is 1.34. The molecule has 0 spiro atoms. The van der Waals surface area contributed by atoms with Crippen molar-refractivity contribution < 1.29 is 0 Å². The van der Waals surface area contributed by atoms with E-state index in [1.54, 1.807) is 0 Å². The van der Waals surface area contributed by atoms with Crippen molar-refractivity contribution >= 4 is 35.6 Å². The molecule has 1 aliphatic carbocycles. The zero-order valence-corrected chi connectivity index (χ0v) is 17.0. The first kappa shape index (κ1) is 19.3. The molecule has 1 saturated carbocycles. The van der Waals surface area contributed by atoms with Gasteiger partial charge in [-0.15, -0.1) is 24.0 Å². The summed E-state index contributed by atoms with van der Waals surface area (Å²) in [5.74, 6) is 1.67. The van der Waals surface area contributed by atoms with Gasteiger partial charge >= 0.3 is 0 Å². The van der Waals surface area contributed by atoms with Crippen LogP contribution in [0, 0.1) is 5.92 Å². The summed E-state index contributed by atoms with van der Waals surface area (Å²) in [6.45, 7) is 6.26. The van der Waals surface area contributed by atoms with Gasteiger partial charge in [0.15, 0.2) is 5.96 Å². The third-order valence-corrected chi connectivity index (χ3v) is 4.96. The van der Waals surface area contributed by atoms with Gasteiger partial charge < -0.3 is 15.5 Å². The first-order valence-corrected chi connectivity index (χ1v) is 9.20. The second kappa shape index (κ2) is 10.1. The van der Waals surface area contributed by atoms with Crippen LogP contribution >= 0.6 is 24.0 Å². The van der Waals surface area contributed by atoms with Crippen molar-refractivity contribution in [2.75, 3.05) is 31.1 Å². The number of halogens is 1. The second-order valence-electron chi connectivity index (χ2n) is 6.78. The molecule has 1 aliphatic heterocycles. The molecule has 1 aromatic carbocycles. The third-order valence-electron chi connectivity index (χ3n) is 4.96. The molecule has 0 aromatic heterocycles. The molecular formula is C19H31IN4. The minimum absolute atomic E-state index is 0. The Morgan fingerprint density at radius 3 is 2.62 bits per heavy atom. The Morgan fingerprint density at radius 2 is 1.92 bits per heavy atom. The zero-order valence-electron chi connectivity index (χ0n) is 14.7. The normalized spacial score (nSPS) is 21.6. The van der Waals surface area contributed by atoms with Gasteiger partial charge in [0, 0.05) is 37.9 Å². The zero-order chi connectivity index (χ0) is 15.9. The number of aliphatic imine (C=N–C) groups is 1. The highest BCUT2D eigenvalue weighted by Crippen LogP contribution is 2.23. The Kier molecular flexibility index (Phi) is 8.15. The van der Waals surface area contributed by atoms with Crippen molar-refractivity contribution in [3.63, 3.8) is 0 Å². The maximum Gasteiger partial charge on any atom is 0.191 e. The molecule has 4 nitrogen and oxygen atoms in total. The number of rotatable bonds is 5. The average Bonchev–Trinajstić information content (AvgIpc) is 3.25. The molecule has 1 aromatic rings. The molecule has 1 saturated heterocycles. The largest absolute Gasteiger partial charge is 0.371 e. The van der Waals surface area contributed by atoms with Crippen molar-refractivity contribution in [3.05, 3.63) is 30.3 Å². The summed E-state index contributed by atoms with van der Waals surface area (Å²) in [4.78, 5) is 7.34. The number of hydrogen-bond acceptors (Lipinski definition) is 2. The summed E-state index contributed by atoms with van der Waals surface area (Å²) >= 11 is 0. The number of hydrogen-bond donors (Lipinski definition) is 2. The Balaban J connectivity index is 0.00000208. The van der Waals surface area contributed by atoms with E-state index >= 15 is 0 Å². The Bertz CT molecular complexity index is 499. The molecule has 2 fully saturated rings. The molecule has 0 amide bonds. The van der Waals surface area contributed by atoms with Crippen molar-refractivity contribution in [3.8, 4) is 0 Å². The van der Waals surface area contributed by atoms with Crippen molar-refractivity contribution in [2.45, 2.75) is 45.1 Å². The van der Waals surface area contributed by atoms with Crippen LogP contribution in [-0.2, 0) is 0 Å². The lowest BCUT2D eigenvalue weighted by Crippen LogP contribution is -2.42. The fourth-order valence-electron chi connectivity index (χ4n) is 3.66. The van der Waals surface area contributed by atoms with Gasteiger partial charge in [0.1, 0.15) is 0 Å². The van der Waals surface area contributed by atoms with E-state index in [2.05, 4.69) is 52.8 Å².